The number of aromatic nitrogens is 1. The Morgan fingerprint density at radius 1 is 1.12 bits per heavy atom. The zero-order valence-corrected chi connectivity index (χ0v) is 14.2. The Bertz CT molecular complexity index is 729. The lowest BCUT2D eigenvalue weighted by atomic mass is 9.86. The van der Waals surface area contributed by atoms with Gasteiger partial charge in [-0.05, 0) is 18.4 Å². The second-order valence-electron chi connectivity index (χ2n) is 6.72. The van der Waals surface area contributed by atoms with Crippen molar-refractivity contribution in [2.24, 2.45) is 13.0 Å². The number of hydrazine groups is 1. The van der Waals surface area contributed by atoms with Gasteiger partial charge in [0.15, 0.2) is 0 Å². The first-order valence-corrected chi connectivity index (χ1v) is 8.78. The summed E-state index contributed by atoms with van der Waals surface area (Å²) in [4.78, 5) is 24.3. The van der Waals surface area contributed by atoms with Crippen LogP contribution in [0.1, 0.15) is 55.3 Å². The van der Waals surface area contributed by atoms with Crippen molar-refractivity contribution in [1.29, 1.82) is 0 Å². The summed E-state index contributed by atoms with van der Waals surface area (Å²) in [6.45, 7) is 0. The number of para-hydroxylation sites is 1. The third-order valence-corrected chi connectivity index (χ3v) is 4.96. The van der Waals surface area contributed by atoms with Crippen LogP contribution in [0.4, 0.5) is 0 Å². The number of rotatable bonds is 4. The molecule has 1 aliphatic rings. The van der Waals surface area contributed by atoms with Crippen LogP contribution in [0, 0.1) is 5.92 Å². The molecular formula is C19H25N3O2. The molecule has 1 heterocycles. The highest BCUT2D eigenvalue weighted by Gasteiger charge is 2.16. The molecule has 3 rings (SSSR count). The number of carbonyl (C=O) groups excluding carboxylic acids is 2. The van der Waals surface area contributed by atoms with Gasteiger partial charge in [-0.3, -0.25) is 20.4 Å². The van der Waals surface area contributed by atoms with Crippen molar-refractivity contribution in [3.8, 4) is 0 Å². The first-order valence-electron chi connectivity index (χ1n) is 8.78. The zero-order chi connectivity index (χ0) is 16.9. The second kappa shape index (κ2) is 7.51. The van der Waals surface area contributed by atoms with E-state index < -0.39 is 0 Å². The molecule has 128 valence electrons. The standard InChI is InChI=1S/C19H25N3O2/c1-22-13-16(15-9-5-6-10-17(15)22)19(24)21-20-18(23)12-11-14-7-3-2-4-8-14/h5-6,9-10,13-14H,2-4,7-8,11-12H2,1H3,(H,20,23)(H,21,24). The topological polar surface area (TPSA) is 63.1 Å². The van der Waals surface area contributed by atoms with Crippen molar-refractivity contribution in [1.82, 2.24) is 15.4 Å². The van der Waals surface area contributed by atoms with Gasteiger partial charge in [-0.2, -0.15) is 0 Å². The molecule has 1 saturated carbocycles. The number of nitrogens with zero attached hydrogens (tertiary/aromatic N) is 1. The maximum absolute atomic E-state index is 12.3. The molecule has 5 nitrogen and oxygen atoms in total. The Kier molecular flexibility index (Phi) is 5.18. The third kappa shape index (κ3) is 3.78. The Morgan fingerprint density at radius 3 is 2.67 bits per heavy atom. The maximum atomic E-state index is 12.3. The Labute approximate surface area is 142 Å². The molecule has 0 radical (unpaired) electrons. The molecule has 24 heavy (non-hydrogen) atoms. The lowest BCUT2D eigenvalue weighted by Gasteiger charge is -2.20. The number of carbonyl (C=O) groups is 2. The zero-order valence-electron chi connectivity index (χ0n) is 14.2. The number of aryl methyl sites for hydroxylation is 1. The normalized spacial score (nSPS) is 15.4. The monoisotopic (exact) mass is 327 g/mol. The van der Waals surface area contributed by atoms with E-state index in [0.717, 1.165) is 17.3 Å². The summed E-state index contributed by atoms with van der Waals surface area (Å²) in [5.41, 5.74) is 6.65. The SMILES string of the molecule is Cn1cc(C(=O)NNC(=O)CCC2CCCCC2)c2ccccc21. The van der Waals surface area contributed by atoms with E-state index >= 15 is 0 Å². The fraction of sp³-hybridized carbons (Fsp3) is 0.474. The van der Waals surface area contributed by atoms with Gasteiger partial charge in [-0.1, -0.05) is 50.3 Å². The van der Waals surface area contributed by atoms with Gasteiger partial charge in [0.25, 0.3) is 5.91 Å². The Hall–Kier alpha value is -2.30. The van der Waals surface area contributed by atoms with E-state index in [-0.39, 0.29) is 11.8 Å². The summed E-state index contributed by atoms with van der Waals surface area (Å²) in [5.74, 6) is 0.269. The van der Waals surface area contributed by atoms with Crippen LogP contribution in [-0.2, 0) is 11.8 Å². The average molecular weight is 327 g/mol. The number of fused-ring (bicyclic) bond motifs is 1. The Balaban J connectivity index is 1.52. The lowest BCUT2D eigenvalue weighted by molar-refractivity contribution is -0.122. The molecular weight excluding hydrogens is 302 g/mol. The smallest absolute Gasteiger partial charge is 0.271 e. The Morgan fingerprint density at radius 2 is 1.88 bits per heavy atom. The van der Waals surface area contributed by atoms with Crippen molar-refractivity contribution in [3.05, 3.63) is 36.0 Å². The van der Waals surface area contributed by atoms with Crippen molar-refractivity contribution >= 4 is 22.7 Å². The molecule has 1 aliphatic carbocycles. The van der Waals surface area contributed by atoms with Gasteiger partial charge in [0.05, 0.1) is 5.56 Å². The van der Waals surface area contributed by atoms with Crippen LogP contribution in [0.5, 0.6) is 0 Å². The van der Waals surface area contributed by atoms with E-state index in [1.807, 2.05) is 35.9 Å². The van der Waals surface area contributed by atoms with Crippen LogP contribution in [0.25, 0.3) is 10.9 Å². The molecule has 2 aromatic rings. The number of hydrogen-bond donors (Lipinski definition) is 2. The highest BCUT2D eigenvalue weighted by Crippen LogP contribution is 2.27. The fourth-order valence-corrected chi connectivity index (χ4v) is 3.59. The van der Waals surface area contributed by atoms with Crippen LogP contribution >= 0.6 is 0 Å². The van der Waals surface area contributed by atoms with E-state index in [1.165, 1.54) is 32.1 Å². The molecule has 0 unspecified atom stereocenters. The quantitative estimate of drug-likeness (QED) is 0.846. The van der Waals surface area contributed by atoms with E-state index in [2.05, 4.69) is 10.9 Å². The largest absolute Gasteiger partial charge is 0.350 e. The van der Waals surface area contributed by atoms with Crippen LogP contribution in [0.3, 0.4) is 0 Å². The number of benzene rings is 1. The van der Waals surface area contributed by atoms with E-state index in [9.17, 15) is 9.59 Å². The molecule has 1 fully saturated rings. The first kappa shape index (κ1) is 16.6. The highest BCUT2D eigenvalue weighted by atomic mass is 16.2. The summed E-state index contributed by atoms with van der Waals surface area (Å²) in [6.07, 6.45) is 9.52. The summed E-state index contributed by atoms with van der Waals surface area (Å²) >= 11 is 0. The van der Waals surface area contributed by atoms with Gasteiger partial charge in [0.1, 0.15) is 0 Å². The molecule has 0 aliphatic heterocycles. The lowest BCUT2D eigenvalue weighted by Crippen LogP contribution is -2.41. The minimum absolute atomic E-state index is 0.117. The van der Waals surface area contributed by atoms with Gasteiger partial charge in [0, 0.05) is 30.6 Å². The first-order chi connectivity index (χ1) is 11.6. The van der Waals surface area contributed by atoms with Gasteiger partial charge in [0.2, 0.25) is 5.91 Å². The van der Waals surface area contributed by atoms with Gasteiger partial charge < -0.3 is 4.57 Å². The highest BCUT2D eigenvalue weighted by molar-refractivity contribution is 6.07. The summed E-state index contributed by atoms with van der Waals surface area (Å²) < 4.78 is 1.91. The summed E-state index contributed by atoms with van der Waals surface area (Å²) in [6, 6.07) is 7.73. The van der Waals surface area contributed by atoms with Crippen LogP contribution in [0.15, 0.2) is 30.5 Å². The third-order valence-electron chi connectivity index (χ3n) is 4.96. The predicted octanol–water partition coefficient (Wildman–Crippen LogP) is 3.30. The molecule has 2 N–H and O–H groups in total. The molecule has 0 bridgehead atoms. The van der Waals surface area contributed by atoms with Crippen molar-refractivity contribution in [2.45, 2.75) is 44.9 Å². The fourth-order valence-electron chi connectivity index (χ4n) is 3.59. The number of hydrogen-bond acceptors (Lipinski definition) is 2. The second-order valence-corrected chi connectivity index (χ2v) is 6.72. The number of amides is 2. The van der Waals surface area contributed by atoms with Crippen LogP contribution in [-0.4, -0.2) is 16.4 Å². The van der Waals surface area contributed by atoms with E-state index in [0.29, 0.717) is 17.9 Å². The van der Waals surface area contributed by atoms with Crippen LogP contribution < -0.4 is 10.9 Å². The molecule has 5 heteroatoms. The molecule has 2 amide bonds. The molecule has 1 aromatic carbocycles. The predicted molar refractivity (Wildman–Crippen MR) is 94.3 cm³/mol. The average Bonchev–Trinajstić information content (AvgIpc) is 2.96. The van der Waals surface area contributed by atoms with E-state index in [1.54, 1.807) is 6.20 Å². The van der Waals surface area contributed by atoms with Crippen molar-refractivity contribution in [2.75, 3.05) is 0 Å². The maximum Gasteiger partial charge on any atom is 0.271 e. The minimum Gasteiger partial charge on any atom is -0.350 e. The van der Waals surface area contributed by atoms with Crippen molar-refractivity contribution in [3.63, 3.8) is 0 Å². The van der Waals surface area contributed by atoms with Gasteiger partial charge in [-0.25, -0.2) is 0 Å². The molecule has 0 atom stereocenters. The summed E-state index contributed by atoms with van der Waals surface area (Å²) in [7, 11) is 1.90. The van der Waals surface area contributed by atoms with Gasteiger partial charge in [-0.15, -0.1) is 0 Å². The number of nitrogens with one attached hydrogen (secondary N) is 2. The molecule has 1 aromatic heterocycles. The summed E-state index contributed by atoms with van der Waals surface area (Å²) in [5, 5.41) is 0.883. The molecule has 0 spiro atoms. The van der Waals surface area contributed by atoms with Crippen molar-refractivity contribution < 1.29 is 9.59 Å². The van der Waals surface area contributed by atoms with Crippen LogP contribution in [0.2, 0.25) is 0 Å². The molecule has 0 saturated heterocycles. The minimum atomic E-state index is -0.280. The van der Waals surface area contributed by atoms with E-state index in [4.69, 9.17) is 0 Å². The van der Waals surface area contributed by atoms with Gasteiger partial charge >= 0.3 is 0 Å².